The van der Waals surface area contributed by atoms with Crippen molar-refractivity contribution in [3.05, 3.63) is 23.9 Å². The van der Waals surface area contributed by atoms with Crippen LogP contribution in [-0.4, -0.2) is 36.1 Å². The highest BCUT2D eigenvalue weighted by Gasteiger charge is 2.13. The highest BCUT2D eigenvalue weighted by molar-refractivity contribution is 5.42. The number of piperidine rings is 1. The van der Waals surface area contributed by atoms with Gasteiger partial charge in [-0.05, 0) is 50.4 Å². The lowest BCUT2D eigenvalue weighted by Crippen LogP contribution is -2.35. The molecule has 0 aliphatic carbocycles. The Labute approximate surface area is 111 Å². The molecule has 0 spiro atoms. The van der Waals surface area contributed by atoms with Crippen molar-refractivity contribution < 1.29 is 0 Å². The molecule has 0 bridgehead atoms. The zero-order valence-corrected chi connectivity index (χ0v) is 11.7. The van der Waals surface area contributed by atoms with Gasteiger partial charge in [-0.1, -0.05) is 19.4 Å². The third kappa shape index (κ3) is 3.98. The van der Waals surface area contributed by atoms with Gasteiger partial charge in [-0.15, -0.1) is 0 Å². The van der Waals surface area contributed by atoms with Gasteiger partial charge < -0.3 is 10.2 Å². The van der Waals surface area contributed by atoms with Gasteiger partial charge in [0, 0.05) is 19.3 Å². The molecule has 1 atom stereocenters. The molecule has 1 aliphatic heterocycles. The largest absolute Gasteiger partial charge is 0.370 e. The molecule has 18 heavy (non-hydrogen) atoms. The van der Waals surface area contributed by atoms with Crippen molar-refractivity contribution in [3.8, 4) is 0 Å². The van der Waals surface area contributed by atoms with Gasteiger partial charge in [0.25, 0.3) is 0 Å². The summed E-state index contributed by atoms with van der Waals surface area (Å²) >= 11 is 0. The summed E-state index contributed by atoms with van der Waals surface area (Å²) in [6.45, 7) is 9.21. The van der Waals surface area contributed by atoms with E-state index < -0.39 is 0 Å². The van der Waals surface area contributed by atoms with E-state index in [1.165, 1.54) is 44.5 Å². The van der Waals surface area contributed by atoms with Gasteiger partial charge in [0.1, 0.15) is 5.82 Å². The predicted molar refractivity (Wildman–Crippen MR) is 76.9 cm³/mol. The summed E-state index contributed by atoms with van der Waals surface area (Å²) < 4.78 is 0. The lowest BCUT2D eigenvalue weighted by molar-refractivity contribution is 0.204. The average molecular weight is 247 g/mol. The Morgan fingerprint density at radius 1 is 1.33 bits per heavy atom. The fourth-order valence-corrected chi connectivity index (χ4v) is 2.59. The zero-order chi connectivity index (χ0) is 12.8. The standard InChI is InChI=1S/C15H25N3/c1-13(12-18-9-4-3-5-10-18)11-17-15-14(2)7-6-8-16-15/h6-8,13H,3-5,9-12H2,1-2H3,(H,16,17). The van der Waals surface area contributed by atoms with Crippen molar-refractivity contribution in [3.63, 3.8) is 0 Å². The van der Waals surface area contributed by atoms with Crippen LogP contribution in [-0.2, 0) is 0 Å². The molecule has 1 saturated heterocycles. The van der Waals surface area contributed by atoms with Gasteiger partial charge in [-0.3, -0.25) is 0 Å². The van der Waals surface area contributed by atoms with E-state index in [1.807, 2.05) is 12.3 Å². The average Bonchev–Trinajstić information content (AvgIpc) is 2.39. The van der Waals surface area contributed by atoms with Gasteiger partial charge in [-0.25, -0.2) is 4.98 Å². The quantitative estimate of drug-likeness (QED) is 0.867. The first kappa shape index (κ1) is 13.3. The Bertz CT molecular complexity index is 359. The Morgan fingerprint density at radius 2 is 2.11 bits per heavy atom. The van der Waals surface area contributed by atoms with Crippen molar-refractivity contribution in [2.24, 2.45) is 5.92 Å². The molecular weight excluding hydrogens is 222 g/mol. The molecule has 0 amide bonds. The van der Waals surface area contributed by atoms with E-state index >= 15 is 0 Å². The summed E-state index contributed by atoms with van der Waals surface area (Å²) in [6, 6.07) is 4.09. The summed E-state index contributed by atoms with van der Waals surface area (Å²) in [4.78, 5) is 6.97. The summed E-state index contributed by atoms with van der Waals surface area (Å²) in [5.41, 5.74) is 1.22. The van der Waals surface area contributed by atoms with Crippen LogP contribution in [0.15, 0.2) is 18.3 Å². The van der Waals surface area contributed by atoms with Crippen LogP contribution in [0.3, 0.4) is 0 Å². The van der Waals surface area contributed by atoms with Crippen LogP contribution in [0.1, 0.15) is 31.7 Å². The number of anilines is 1. The number of nitrogens with zero attached hydrogens (tertiary/aromatic N) is 2. The van der Waals surface area contributed by atoms with Crippen LogP contribution in [0, 0.1) is 12.8 Å². The minimum atomic E-state index is 0.671. The number of aryl methyl sites for hydroxylation is 1. The van der Waals surface area contributed by atoms with Gasteiger partial charge in [0.15, 0.2) is 0 Å². The molecule has 0 radical (unpaired) electrons. The van der Waals surface area contributed by atoms with Gasteiger partial charge in [-0.2, -0.15) is 0 Å². The Morgan fingerprint density at radius 3 is 2.83 bits per heavy atom. The highest BCUT2D eigenvalue weighted by atomic mass is 15.1. The number of aromatic nitrogens is 1. The normalized spacial score (nSPS) is 18.6. The summed E-state index contributed by atoms with van der Waals surface area (Å²) in [6.07, 6.45) is 6.01. The van der Waals surface area contributed by atoms with Crippen LogP contribution < -0.4 is 5.32 Å². The molecule has 3 nitrogen and oxygen atoms in total. The molecule has 1 aliphatic rings. The van der Waals surface area contributed by atoms with Crippen molar-refractivity contribution in [2.45, 2.75) is 33.1 Å². The van der Waals surface area contributed by atoms with E-state index in [4.69, 9.17) is 0 Å². The maximum atomic E-state index is 4.37. The minimum Gasteiger partial charge on any atom is -0.370 e. The smallest absolute Gasteiger partial charge is 0.128 e. The molecule has 2 rings (SSSR count). The molecule has 1 N–H and O–H groups in total. The Kier molecular flexibility index (Phi) is 5.00. The molecule has 1 aromatic heterocycles. The second kappa shape index (κ2) is 6.74. The van der Waals surface area contributed by atoms with Crippen molar-refractivity contribution in [2.75, 3.05) is 31.5 Å². The third-order valence-corrected chi connectivity index (χ3v) is 3.65. The first-order valence-corrected chi connectivity index (χ1v) is 7.13. The topological polar surface area (TPSA) is 28.2 Å². The van der Waals surface area contributed by atoms with Crippen molar-refractivity contribution >= 4 is 5.82 Å². The SMILES string of the molecule is Cc1cccnc1NCC(C)CN1CCCCC1. The van der Waals surface area contributed by atoms with Crippen molar-refractivity contribution in [1.29, 1.82) is 0 Å². The second-order valence-electron chi connectivity index (χ2n) is 5.52. The summed E-state index contributed by atoms with van der Waals surface area (Å²) in [7, 11) is 0. The summed E-state index contributed by atoms with van der Waals surface area (Å²) in [5.74, 6) is 1.70. The van der Waals surface area contributed by atoms with Gasteiger partial charge >= 0.3 is 0 Å². The molecule has 1 unspecified atom stereocenters. The first-order chi connectivity index (χ1) is 8.75. The predicted octanol–water partition coefficient (Wildman–Crippen LogP) is 2.92. The highest BCUT2D eigenvalue weighted by Crippen LogP contribution is 2.13. The third-order valence-electron chi connectivity index (χ3n) is 3.65. The van der Waals surface area contributed by atoms with Crippen LogP contribution in [0.5, 0.6) is 0 Å². The molecule has 0 saturated carbocycles. The van der Waals surface area contributed by atoms with E-state index in [2.05, 4.69) is 35.1 Å². The van der Waals surface area contributed by atoms with Crippen LogP contribution in [0.25, 0.3) is 0 Å². The summed E-state index contributed by atoms with van der Waals surface area (Å²) in [5, 5.41) is 3.46. The van der Waals surface area contributed by atoms with Crippen LogP contribution in [0.2, 0.25) is 0 Å². The van der Waals surface area contributed by atoms with Crippen LogP contribution >= 0.6 is 0 Å². The lowest BCUT2D eigenvalue weighted by atomic mass is 10.1. The molecule has 2 heterocycles. The molecule has 1 fully saturated rings. The Hall–Kier alpha value is -1.09. The van der Waals surface area contributed by atoms with Crippen molar-refractivity contribution in [1.82, 2.24) is 9.88 Å². The van der Waals surface area contributed by atoms with Crippen LogP contribution in [0.4, 0.5) is 5.82 Å². The molecule has 3 heteroatoms. The number of hydrogen-bond donors (Lipinski definition) is 1. The number of pyridine rings is 1. The monoisotopic (exact) mass is 247 g/mol. The number of nitrogens with one attached hydrogen (secondary N) is 1. The van der Waals surface area contributed by atoms with E-state index in [-0.39, 0.29) is 0 Å². The molecular formula is C15H25N3. The van der Waals surface area contributed by atoms with Gasteiger partial charge in [0.05, 0.1) is 0 Å². The molecule has 0 aromatic carbocycles. The van der Waals surface area contributed by atoms with E-state index in [9.17, 15) is 0 Å². The number of rotatable bonds is 5. The number of hydrogen-bond acceptors (Lipinski definition) is 3. The molecule has 1 aromatic rings. The second-order valence-corrected chi connectivity index (χ2v) is 5.52. The van der Waals surface area contributed by atoms with E-state index in [1.54, 1.807) is 0 Å². The first-order valence-electron chi connectivity index (χ1n) is 7.13. The van der Waals surface area contributed by atoms with Gasteiger partial charge in [0.2, 0.25) is 0 Å². The fourth-order valence-electron chi connectivity index (χ4n) is 2.59. The van der Waals surface area contributed by atoms with E-state index in [0.717, 1.165) is 12.4 Å². The Balaban J connectivity index is 1.74. The van der Waals surface area contributed by atoms with E-state index in [0.29, 0.717) is 5.92 Å². The molecule has 100 valence electrons. The zero-order valence-electron chi connectivity index (χ0n) is 11.7. The fraction of sp³-hybridized carbons (Fsp3) is 0.667. The maximum Gasteiger partial charge on any atom is 0.128 e. The lowest BCUT2D eigenvalue weighted by Gasteiger charge is -2.29. The maximum absolute atomic E-state index is 4.37. The minimum absolute atomic E-state index is 0.671. The number of likely N-dealkylation sites (tertiary alicyclic amines) is 1.